The molecule has 1 aromatic rings. The number of halogens is 2. The van der Waals surface area contributed by atoms with E-state index < -0.39 is 11.6 Å². The number of thioether (sulfide) groups is 2. The lowest BCUT2D eigenvalue weighted by molar-refractivity contribution is 0.447. The average Bonchev–Trinajstić information content (AvgIpc) is 2.30. The van der Waals surface area contributed by atoms with Gasteiger partial charge in [-0.05, 0) is 0 Å². The van der Waals surface area contributed by atoms with E-state index in [0.717, 1.165) is 23.5 Å². The number of nitrogens with zero attached hydrogens (tertiary/aromatic N) is 2. The SMILES string of the molecule is Fc1c2nnc(c1F)SCS2. The Morgan fingerprint density at radius 2 is 1.45 bits per heavy atom. The zero-order valence-corrected chi connectivity index (χ0v) is 6.81. The molecule has 0 unspecified atom stereocenters. The summed E-state index contributed by atoms with van der Waals surface area (Å²) < 4.78 is 25.6. The molecule has 0 radical (unpaired) electrons. The van der Waals surface area contributed by atoms with Gasteiger partial charge in [0.1, 0.15) is 0 Å². The highest BCUT2D eigenvalue weighted by molar-refractivity contribution is 8.16. The van der Waals surface area contributed by atoms with Crippen molar-refractivity contribution in [1.82, 2.24) is 10.2 Å². The van der Waals surface area contributed by atoms with Gasteiger partial charge in [-0.15, -0.1) is 10.2 Å². The lowest BCUT2D eigenvalue weighted by Crippen LogP contribution is -1.95. The summed E-state index contributed by atoms with van der Waals surface area (Å²) in [6.45, 7) is 0. The number of fused-ring (bicyclic) bond motifs is 4. The van der Waals surface area contributed by atoms with Gasteiger partial charge >= 0.3 is 0 Å². The first-order valence-corrected chi connectivity index (χ1v) is 4.73. The highest BCUT2D eigenvalue weighted by Gasteiger charge is 2.21. The van der Waals surface area contributed by atoms with E-state index in [1.54, 1.807) is 0 Å². The summed E-state index contributed by atoms with van der Waals surface area (Å²) in [5.74, 6) is -1.74. The van der Waals surface area contributed by atoms with Crippen LogP contribution in [0.5, 0.6) is 0 Å². The minimum Gasteiger partial charge on any atom is -0.201 e. The lowest BCUT2D eigenvalue weighted by Gasteiger charge is -1.94. The van der Waals surface area contributed by atoms with Gasteiger partial charge in [0.05, 0.1) is 5.08 Å². The smallest absolute Gasteiger partial charge is 0.195 e. The van der Waals surface area contributed by atoms with Crippen molar-refractivity contribution in [2.24, 2.45) is 0 Å². The molecule has 2 aliphatic heterocycles. The molecule has 58 valence electrons. The Morgan fingerprint density at radius 1 is 1.00 bits per heavy atom. The van der Waals surface area contributed by atoms with Gasteiger partial charge in [0, 0.05) is 0 Å². The van der Waals surface area contributed by atoms with E-state index in [2.05, 4.69) is 10.2 Å². The first-order valence-electron chi connectivity index (χ1n) is 2.76. The van der Waals surface area contributed by atoms with Gasteiger partial charge in [-0.3, -0.25) is 0 Å². The van der Waals surface area contributed by atoms with E-state index in [9.17, 15) is 8.78 Å². The summed E-state index contributed by atoms with van der Waals surface area (Å²) in [6, 6.07) is 0. The second kappa shape index (κ2) is 2.60. The van der Waals surface area contributed by atoms with Gasteiger partial charge in [0.25, 0.3) is 0 Å². The third-order valence-electron chi connectivity index (χ3n) is 1.19. The molecule has 1 aromatic heterocycles. The molecule has 0 atom stereocenters. The van der Waals surface area contributed by atoms with Crippen LogP contribution in [0.3, 0.4) is 0 Å². The van der Waals surface area contributed by atoms with Crippen molar-refractivity contribution in [3.8, 4) is 0 Å². The molecule has 6 heteroatoms. The molecule has 0 N–H and O–H groups in total. The number of rotatable bonds is 0. The molecule has 0 saturated heterocycles. The van der Waals surface area contributed by atoms with Crippen LogP contribution in [0.4, 0.5) is 8.78 Å². The summed E-state index contributed by atoms with van der Waals surface area (Å²) >= 11 is 2.33. The van der Waals surface area contributed by atoms with Crippen LogP contribution >= 0.6 is 23.5 Å². The summed E-state index contributed by atoms with van der Waals surface area (Å²) in [6.07, 6.45) is 0. The average molecular weight is 192 g/mol. The standard InChI is InChI=1S/C5H2F2N2S2/c6-2-3(7)5-9-8-4(2)10-1-11-5/h1H2. The van der Waals surface area contributed by atoms with Crippen LogP contribution in [-0.4, -0.2) is 15.3 Å². The van der Waals surface area contributed by atoms with Gasteiger partial charge in [0.2, 0.25) is 0 Å². The first-order chi connectivity index (χ1) is 5.29. The zero-order chi connectivity index (χ0) is 7.84. The monoisotopic (exact) mass is 192 g/mol. The number of hydrogen-bond donors (Lipinski definition) is 0. The Bertz CT molecular complexity index is 276. The van der Waals surface area contributed by atoms with Crippen molar-refractivity contribution in [3.63, 3.8) is 0 Å². The Kier molecular flexibility index (Phi) is 1.72. The van der Waals surface area contributed by atoms with Crippen molar-refractivity contribution in [2.45, 2.75) is 10.1 Å². The van der Waals surface area contributed by atoms with Crippen molar-refractivity contribution in [2.75, 3.05) is 5.08 Å². The normalized spacial score (nSPS) is 15.1. The molecule has 0 aliphatic carbocycles. The predicted octanol–water partition coefficient (Wildman–Crippen LogP) is 1.91. The first kappa shape index (κ1) is 7.30. The summed E-state index contributed by atoms with van der Waals surface area (Å²) in [7, 11) is 0. The molecule has 0 fully saturated rings. The van der Waals surface area contributed by atoms with E-state index in [1.165, 1.54) is 0 Å². The largest absolute Gasteiger partial charge is 0.201 e. The third kappa shape index (κ3) is 1.10. The molecule has 0 aromatic carbocycles. The molecular formula is C5H2F2N2S2. The molecule has 2 aliphatic rings. The molecule has 11 heavy (non-hydrogen) atoms. The second-order valence-corrected chi connectivity index (χ2v) is 4.14. The molecule has 2 bridgehead atoms. The van der Waals surface area contributed by atoms with Crippen molar-refractivity contribution < 1.29 is 8.78 Å². The topological polar surface area (TPSA) is 25.8 Å². The second-order valence-electron chi connectivity index (χ2n) is 1.84. The minimum atomic E-state index is -0.870. The fourth-order valence-corrected chi connectivity index (χ4v) is 2.45. The number of hydrogen-bond acceptors (Lipinski definition) is 4. The Morgan fingerprint density at radius 3 is 1.91 bits per heavy atom. The van der Waals surface area contributed by atoms with Crippen molar-refractivity contribution in [1.29, 1.82) is 0 Å². The van der Waals surface area contributed by atoms with Crippen LogP contribution in [-0.2, 0) is 0 Å². The maximum absolute atomic E-state index is 12.8. The molecule has 3 rings (SSSR count). The van der Waals surface area contributed by atoms with E-state index in [4.69, 9.17) is 0 Å². The lowest BCUT2D eigenvalue weighted by atomic mass is 10.5. The van der Waals surface area contributed by atoms with Gasteiger partial charge in [-0.25, -0.2) is 8.78 Å². The Hall–Kier alpha value is -0.360. The Balaban J connectivity index is 2.67. The minimum absolute atomic E-state index is 0.0521. The maximum atomic E-state index is 12.8. The molecule has 0 spiro atoms. The Labute approximate surface area is 69.8 Å². The summed E-state index contributed by atoms with van der Waals surface area (Å²) in [5, 5.41) is 7.67. The van der Waals surface area contributed by atoms with Crippen LogP contribution in [0.15, 0.2) is 10.1 Å². The van der Waals surface area contributed by atoms with Gasteiger partial charge in [-0.2, -0.15) is 0 Å². The maximum Gasteiger partial charge on any atom is 0.195 e. The third-order valence-corrected chi connectivity index (χ3v) is 3.20. The predicted molar refractivity (Wildman–Crippen MR) is 38.5 cm³/mol. The van der Waals surface area contributed by atoms with E-state index in [1.807, 2.05) is 0 Å². The molecular weight excluding hydrogens is 190 g/mol. The van der Waals surface area contributed by atoms with Gasteiger partial charge in [0.15, 0.2) is 21.7 Å². The molecule has 0 amide bonds. The highest BCUT2D eigenvalue weighted by Crippen LogP contribution is 2.34. The molecule has 2 nitrogen and oxygen atoms in total. The van der Waals surface area contributed by atoms with Gasteiger partial charge < -0.3 is 0 Å². The zero-order valence-electron chi connectivity index (χ0n) is 5.17. The van der Waals surface area contributed by atoms with Crippen LogP contribution in [0.25, 0.3) is 0 Å². The molecule has 3 heterocycles. The quantitative estimate of drug-likeness (QED) is 0.627. The van der Waals surface area contributed by atoms with E-state index in [-0.39, 0.29) is 10.1 Å². The highest BCUT2D eigenvalue weighted by atomic mass is 32.2. The fourth-order valence-electron chi connectivity index (χ4n) is 0.692. The van der Waals surface area contributed by atoms with Crippen molar-refractivity contribution >= 4 is 23.5 Å². The van der Waals surface area contributed by atoms with Crippen LogP contribution in [0, 0.1) is 11.6 Å². The summed E-state index contributed by atoms with van der Waals surface area (Å²) in [5.41, 5.74) is 0. The van der Waals surface area contributed by atoms with Gasteiger partial charge in [-0.1, -0.05) is 23.5 Å². The van der Waals surface area contributed by atoms with Crippen molar-refractivity contribution in [3.05, 3.63) is 11.6 Å². The van der Waals surface area contributed by atoms with Crippen LogP contribution in [0.2, 0.25) is 0 Å². The van der Waals surface area contributed by atoms with Crippen LogP contribution < -0.4 is 0 Å². The van der Waals surface area contributed by atoms with E-state index >= 15 is 0 Å². The number of aromatic nitrogens is 2. The fraction of sp³-hybridized carbons (Fsp3) is 0.200. The molecule has 0 saturated carbocycles. The van der Waals surface area contributed by atoms with Crippen LogP contribution in [0.1, 0.15) is 0 Å². The summed E-state index contributed by atoms with van der Waals surface area (Å²) in [4.78, 5) is 0. The van der Waals surface area contributed by atoms with E-state index in [0.29, 0.717) is 5.08 Å².